The van der Waals surface area contributed by atoms with Crippen molar-refractivity contribution < 1.29 is 0 Å². The van der Waals surface area contributed by atoms with Gasteiger partial charge in [-0.15, -0.1) is 12.6 Å². The van der Waals surface area contributed by atoms with Gasteiger partial charge in [0.2, 0.25) is 0 Å². The van der Waals surface area contributed by atoms with Crippen molar-refractivity contribution in [2.75, 3.05) is 0 Å². The summed E-state index contributed by atoms with van der Waals surface area (Å²) in [4.78, 5) is 0. The normalized spacial score (nSPS) is 31.5. The molecule has 1 fully saturated rings. The molecule has 1 aliphatic carbocycles. The molecule has 0 saturated heterocycles. The van der Waals surface area contributed by atoms with Crippen molar-refractivity contribution in [2.45, 2.75) is 38.6 Å². The largest absolute Gasteiger partial charge is 0.368 e. The Morgan fingerprint density at radius 2 is 1.91 bits per heavy atom. The summed E-state index contributed by atoms with van der Waals surface area (Å²) < 4.78 is 0.643. The Morgan fingerprint density at radius 3 is 2.36 bits per heavy atom. The van der Waals surface area contributed by atoms with Crippen molar-refractivity contribution in [1.29, 1.82) is 0 Å². The van der Waals surface area contributed by atoms with Gasteiger partial charge in [0.15, 0.2) is 0 Å². The second kappa shape index (κ2) is 4.31. The first-order valence-corrected chi connectivity index (χ1v) is 5.03. The number of rotatable bonds is 1. The van der Waals surface area contributed by atoms with Crippen LogP contribution in [-0.2, 0) is 0 Å². The van der Waals surface area contributed by atoms with Crippen LogP contribution < -0.4 is 5.32 Å². The highest BCUT2D eigenvalue weighted by atomic mass is 32.1. The topological polar surface area (TPSA) is 12.0 Å². The second-order valence-corrected chi connectivity index (χ2v) is 4.56. The summed E-state index contributed by atoms with van der Waals surface area (Å²) in [6.07, 6.45) is 5.16. The first-order chi connectivity index (χ1) is 5.18. The third-order valence-corrected chi connectivity index (χ3v) is 2.59. The van der Waals surface area contributed by atoms with Crippen LogP contribution in [0.4, 0.5) is 0 Å². The molecule has 0 spiro atoms. The zero-order chi connectivity index (χ0) is 8.27. The molecule has 0 aromatic rings. The predicted octanol–water partition coefficient (Wildman–Crippen LogP) is 2.37. The molecule has 1 nitrogen and oxygen atoms in total. The second-order valence-electron chi connectivity index (χ2n) is 3.41. The van der Waals surface area contributed by atoms with E-state index in [-0.39, 0.29) is 0 Å². The molecule has 1 saturated carbocycles. The Balaban J connectivity index is 2.22. The van der Waals surface area contributed by atoms with Gasteiger partial charge in [0.05, 0.1) is 0 Å². The minimum Gasteiger partial charge on any atom is -0.368 e. The molecular formula is C8H15NS2. The lowest BCUT2D eigenvalue weighted by atomic mass is 9.87. The summed E-state index contributed by atoms with van der Waals surface area (Å²) in [5.41, 5.74) is 0. The molecule has 3 heteroatoms. The first-order valence-electron chi connectivity index (χ1n) is 4.18. The third-order valence-electron chi connectivity index (χ3n) is 2.34. The van der Waals surface area contributed by atoms with Crippen LogP contribution in [0.1, 0.15) is 32.6 Å². The number of thiocarbonyl (C=S) groups is 1. The smallest absolute Gasteiger partial charge is 0.130 e. The molecule has 0 atom stereocenters. The number of hydrogen-bond acceptors (Lipinski definition) is 1. The maximum Gasteiger partial charge on any atom is 0.130 e. The van der Waals surface area contributed by atoms with E-state index in [1.807, 2.05) is 0 Å². The van der Waals surface area contributed by atoms with Crippen molar-refractivity contribution in [3.8, 4) is 0 Å². The highest BCUT2D eigenvalue weighted by Gasteiger charge is 2.17. The van der Waals surface area contributed by atoms with Gasteiger partial charge in [-0.25, -0.2) is 0 Å². The van der Waals surface area contributed by atoms with Crippen LogP contribution >= 0.6 is 24.8 Å². The van der Waals surface area contributed by atoms with Crippen LogP contribution in [0, 0.1) is 5.92 Å². The van der Waals surface area contributed by atoms with Gasteiger partial charge in [-0.2, -0.15) is 0 Å². The van der Waals surface area contributed by atoms with Crippen molar-refractivity contribution in [1.82, 2.24) is 5.32 Å². The molecule has 0 unspecified atom stereocenters. The lowest BCUT2D eigenvalue weighted by Crippen LogP contribution is -2.34. The summed E-state index contributed by atoms with van der Waals surface area (Å²) in [5.74, 6) is 0.904. The molecule has 1 N–H and O–H groups in total. The van der Waals surface area contributed by atoms with Crippen LogP contribution in [0.5, 0.6) is 0 Å². The molecule has 0 aromatic carbocycles. The van der Waals surface area contributed by atoms with Gasteiger partial charge < -0.3 is 5.32 Å². The van der Waals surface area contributed by atoms with E-state index < -0.39 is 0 Å². The molecule has 0 radical (unpaired) electrons. The number of nitrogens with one attached hydrogen (secondary N) is 1. The quantitative estimate of drug-likeness (QED) is 0.485. The van der Waals surface area contributed by atoms with Crippen LogP contribution in [0.2, 0.25) is 0 Å². The fourth-order valence-electron chi connectivity index (χ4n) is 1.58. The van der Waals surface area contributed by atoms with Crippen LogP contribution in [0.25, 0.3) is 0 Å². The fraction of sp³-hybridized carbons (Fsp3) is 0.875. The van der Waals surface area contributed by atoms with Crippen molar-refractivity contribution in [3.63, 3.8) is 0 Å². The van der Waals surface area contributed by atoms with Gasteiger partial charge >= 0.3 is 0 Å². The van der Waals surface area contributed by atoms with E-state index in [9.17, 15) is 0 Å². The minimum atomic E-state index is 0.594. The monoisotopic (exact) mass is 189 g/mol. The van der Waals surface area contributed by atoms with E-state index >= 15 is 0 Å². The van der Waals surface area contributed by atoms with E-state index in [0.29, 0.717) is 10.4 Å². The maximum atomic E-state index is 4.86. The Kier molecular flexibility index (Phi) is 3.66. The predicted molar refractivity (Wildman–Crippen MR) is 56.1 cm³/mol. The molecule has 0 aromatic heterocycles. The summed E-state index contributed by atoms with van der Waals surface area (Å²) in [7, 11) is 0. The van der Waals surface area contributed by atoms with Gasteiger partial charge in [-0.3, -0.25) is 0 Å². The van der Waals surface area contributed by atoms with Crippen molar-refractivity contribution >= 4 is 29.2 Å². The molecule has 0 bridgehead atoms. The molecular weight excluding hydrogens is 174 g/mol. The third kappa shape index (κ3) is 3.43. The number of hydrogen-bond donors (Lipinski definition) is 2. The summed E-state index contributed by atoms with van der Waals surface area (Å²) in [6.45, 7) is 2.31. The van der Waals surface area contributed by atoms with Crippen LogP contribution in [0.3, 0.4) is 0 Å². The Bertz CT molecular complexity index is 139. The van der Waals surface area contributed by atoms with Gasteiger partial charge in [-0.1, -0.05) is 19.1 Å². The Labute approximate surface area is 79.4 Å². The molecule has 0 amide bonds. The molecule has 1 rings (SSSR count). The Hall–Kier alpha value is 0.240. The van der Waals surface area contributed by atoms with Gasteiger partial charge in [-0.05, 0) is 31.6 Å². The van der Waals surface area contributed by atoms with Crippen LogP contribution in [-0.4, -0.2) is 10.4 Å². The average Bonchev–Trinajstić information content (AvgIpc) is 1.93. The lowest BCUT2D eigenvalue weighted by molar-refractivity contribution is 0.332. The molecule has 11 heavy (non-hydrogen) atoms. The summed E-state index contributed by atoms with van der Waals surface area (Å²) >= 11 is 8.91. The van der Waals surface area contributed by atoms with E-state index in [1.54, 1.807) is 0 Å². The van der Waals surface area contributed by atoms with E-state index in [1.165, 1.54) is 25.7 Å². The zero-order valence-electron chi connectivity index (χ0n) is 6.84. The highest BCUT2D eigenvalue weighted by Crippen LogP contribution is 2.23. The highest BCUT2D eigenvalue weighted by molar-refractivity contribution is 8.11. The fourth-order valence-corrected chi connectivity index (χ4v) is 1.93. The lowest BCUT2D eigenvalue weighted by Gasteiger charge is -2.26. The average molecular weight is 189 g/mol. The van der Waals surface area contributed by atoms with E-state index in [2.05, 4.69) is 24.9 Å². The van der Waals surface area contributed by atoms with Crippen LogP contribution in [0.15, 0.2) is 0 Å². The summed E-state index contributed by atoms with van der Waals surface area (Å²) in [5, 5.41) is 3.20. The zero-order valence-corrected chi connectivity index (χ0v) is 8.55. The molecule has 0 heterocycles. The minimum absolute atomic E-state index is 0.594. The molecule has 1 aliphatic rings. The van der Waals surface area contributed by atoms with Crippen molar-refractivity contribution in [3.05, 3.63) is 0 Å². The Morgan fingerprint density at radius 1 is 1.36 bits per heavy atom. The maximum absolute atomic E-state index is 4.86. The number of thiol groups is 1. The standard InChI is InChI=1S/C8H15NS2/c1-6-2-4-7(5-3-6)9-8(10)11/h6-7H,2-5H2,1H3,(H2,9,10,11). The van der Waals surface area contributed by atoms with Gasteiger partial charge in [0, 0.05) is 6.04 Å². The SMILES string of the molecule is CC1CCC(NC(=S)S)CC1. The molecule has 0 aliphatic heterocycles. The van der Waals surface area contributed by atoms with Gasteiger partial charge in [0.1, 0.15) is 4.32 Å². The summed E-state index contributed by atoms with van der Waals surface area (Å²) in [6, 6.07) is 0.594. The van der Waals surface area contributed by atoms with E-state index in [4.69, 9.17) is 12.2 Å². The van der Waals surface area contributed by atoms with E-state index in [0.717, 1.165) is 5.92 Å². The molecule has 64 valence electrons. The van der Waals surface area contributed by atoms with Crippen molar-refractivity contribution in [2.24, 2.45) is 5.92 Å². The van der Waals surface area contributed by atoms with Gasteiger partial charge in [0.25, 0.3) is 0 Å². The first kappa shape index (κ1) is 9.33.